The highest BCUT2D eigenvalue weighted by Crippen LogP contribution is 2.22. The van der Waals surface area contributed by atoms with Crippen LogP contribution in [-0.2, 0) is 14.8 Å². The monoisotopic (exact) mass is 396 g/mol. The molecule has 1 fully saturated rings. The standard InChI is InChI=1S/C18H18F2N2O4S/c1-12-2-3-13(10-17(12)20)21-18(23)15-11-14(4-5-16(15)19)27(24,25)22-6-8-26-9-7-22/h2-5,10-11H,6-9H2,1H3,(H,21,23). The number of halogens is 2. The first kappa shape index (κ1) is 19.4. The zero-order chi connectivity index (χ0) is 19.6. The van der Waals surface area contributed by atoms with Gasteiger partial charge in [-0.3, -0.25) is 4.79 Å². The quantitative estimate of drug-likeness (QED) is 0.862. The van der Waals surface area contributed by atoms with Crippen LogP contribution in [0, 0.1) is 18.6 Å². The van der Waals surface area contributed by atoms with E-state index in [0.29, 0.717) is 5.56 Å². The van der Waals surface area contributed by atoms with Crippen molar-refractivity contribution in [1.82, 2.24) is 4.31 Å². The van der Waals surface area contributed by atoms with Gasteiger partial charge < -0.3 is 10.1 Å². The number of rotatable bonds is 4. The predicted molar refractivity (Wildman–Crippen MR) is 95.1 cm³/mol. The van der Waals surface area contributed by atoms with Crippen LogP contribution < -0.4 is 5.32 Å². The van der Waals surface area contributed by atoms with E-state index in [4.69, 9.17) is 4.74 Å². The Labute approximate surface area is 155 Å². The number of anilines is 1. The molecule has 0 spiro atoms. The summed E-state index contributed by atoms with van der Waals surface area (Å²) in [7, 11) is -3.87. The van der Waals surface area contributed by atoms with Crippen molar-refractivity contribution in [3.63, 3.8) is 0 Å². The van der Waals surface area contributed by atoms with E-state index in [0.717, 1.165) is 24.3 Å². The Balaban J connectivity index is 1.88. The van der Waals surface area contributed by atoms with E-state index in [2.05, 4.69) is 5.32 Å². The summed E-state index contributed by atoms with van der Waals surface area (Å²) in [6.07, 6.45) is 0. The van der Waals surface area contributed by atoms with Gasteiger partial charge in [-0.2, -0.15) is 4.31 Å². The lowest BCUT2D eigenvalue weighted by Crippen LogP contribution is -2.40. The number of nitrogens with one attached hydrogen (secondary N) is 1. The highest BCUT2D eigenvalue weighted by atomic mass is 32.2. The minimum atomic E-state index is -3.87. The van der Waals surface area contributed by atoms with Gasteiger partial charge in [0.15, 0.2) is 0 Å². The molecule has 9 heteroatoms. The molecule has 144 valence electrons. The lowest BCUT2D eigenvalue weighted by Gasteiger charge is -2.26. The van der Waals surface area contributed by atoms with Gasteiger partial charge in [-0.15, -0.1) is 0 Å². The van der Waals surface area contributed by atoms with Crippen molar-refractivity contribution in [2.24, 2.45) is 0 Å². The van der Waals surface area contributed by atoms with E-state index in [1.165, 1.54) is 16.4 Å². The Morgan fingerprint density at radius 3 is 2.44 bits per heavy atom. The van der Waals surface area contributed by atoms with Crippen molar-refractivity contribution in [2.45, 2.75) is 11.8 Å². The summed E-state index contributed by atoms with van der Waals surface area (Å²) in [4.78, 5) is 12.2. The first-order valence-corrected chi connectivity index (χ1v) is 9.68. The van der Waals surface area contributed by atoms with Crippen LogP contribution in [0.25, 0.3) is 0 Å². The van der Waals surface area contributed by atoms with Crippen LogP contribution >= 0.6 is 0 Å². The van der Waals surface area contributed by atoms with Gasteiger partial charge in [0, 0.05) is 18.8 Å². The lowest BCUT2D eigenvalue weighted by molar-refractivity contribution is 0.0730. The summed E-state index contributed by atoms with van der Waals surface area (Å²) < 4.78 is 59.5. The van der Waals surface area contributed by atoms with E-state index in [1.54, 1.807) is 6.92 Å². The minimum absolute atomic E-state index is 0.143. The Bertz CT molecular complexity index is 973. The summed E-state index contributed by atoms with van der Waals surface area (Å²) >= 11 is 0. The van der Waals surface area contributed by atoms with Gasteiger partial charge in [-0.25, -0.2) is 17.2 Å². The second-order valence-corrected chi connectivity index (χ2v) is 8.01. The van der Waals surface area contributed by atoms with Gasteiger partial charge >= 0.3 is 0 Å². The van der Waals surface area contributed by atoms with Crippen molar-refractivity contribution >= 4 is 21.6 Å². The van der Waals surface area contributed by atoms with Crippen LogP contribution in [-0.4, -0.2) is 44.9 Å². The molecule has 1 amide bonds. The molecule has 0 radical (unpaired) electrons. The molecule has 0 atom stereocenters. The summed E-state index contributed by atoms with van der Waals surface area (Å²) in [6, 6.07) is 7.09. The van der Waals surface area contributed by atoms with E-state index in [9.17, 15) is 22.0 Å². The van der Waals surface area contributed by atoms with E-state index >= 15 is 0 Å². The van der Waals surface area contributed by atoms with E-state index in [-0.39, 0.29) is 36.9 Å². The normalized spacial score (nSPS) is 15.5. The number of hydrogen-bond donors (Lipinski definition) is 1. The highest BCUT2D eigenvalue weighted by Gasteiger charge is 2.28. The van der Waals surface area contributed by atoms with E-state index < -0.39 is 33.1 Å². The molecule has 2 aromatic carbocycles. The Kier molecular flexibility index (Phi) is 5.54. The summed E-state index contributed by atoms with van der Waals surface area (Å²) in [5, 5.41) is 2.38. The van der Waals surface area contributed by atoms with Crippen LogP contribution in [0.2, 0.25) is 0 Å². The largest absolute Gasteiger partial charge is 0.379 e. The zero-order valence-corrected chi connectivity index (χ0v) is 15.4. The topological polar surface area (TPSA) is 75.7 Å². The fourth-order valence-corrected chi connectivity index (χ4v) is 4.08. The molecule has 0 unspecified atom stereocenters. The summed E-state index contributed by atoms with van der Waals surface area (Å²) in [6.45, 7) is 2.48. The van der Waals surface area contributed by atoms with Crippen LogP contribution in [0.15, 0.2) is 41.3 Å². The number of carbonyl (C=O) groups excluding carboxylic acids is 1. The van der Waals surface area contributed by atoms with Crippen molar-refractivity contribution in [1.29, 1.82) is 0 Å². The number of sulfonamides is 1. The zero-order valence-electron chi connectivity index (χ0n) is 14.5. The minimum Gasteiger partial charge on any atom is -0.379 e. The van der Waals surface area contributed by atoms with Gasteiger partial charge in [0.05, 0.1) is 23.7 Å². The third kappa shape index (κ3) is 4.15. The molecule has 1 aliphatic rings. The number of ether oxygens (including phenoxy) is 1. The SMILES string of the molecule is Cc1ccc(NC(=O)c2cc(S(=O)(=O)N3CCOCC3)ccc2F)cc1F. The van der Waals surface area contributed by atoms with Gasteiger partial charge in [0.25, 0.3) is 5.91 Å². The van der Waals surface area contributed by atoms with Gasteiger partial charge in [0.1, 0.15) is 11.6 Å². The number of hydrogen-bond acceptors (Lipinski definition) is 4. The van der Waals surface area contributed by atoms with Crippen molar-refractivity contribution < 1.29 is 26.7 Å². The fourth-order valence-electron chi connectivity index (χ4n) is 2.64. The number of carbonyl (C=O) groups is 1. The molecule has 27 heavy (non-hydrogen) atoms. The highest BCUT2D eigenvalue weighted by molar-refractivity contribution is 7.89. The number of benzene rings is 2. The van der Waals surface area contributed by atoms with Crippen LogP contribution in [0.3, 0.4) is 0 Å². The summed E-state index contributed by atoms with van der Waals surface area (Å²) in [5.41, 5.74) is 0.104. The maximum absolute atomic E-state index is 14.1. The van der Waals surface area contributed by atoms with E-state index in [1.807, 2.05) is 0 Å². The van der Waals surface area contributed by atoms with Gasteiger partial charge in [-0.05, 0) is 42.8 Å². The van der Waals surface area contributed by atoms with Crippen LogP contribution in [0.5, 0.6) is 0 Å². The Hall–Kier alpha value is -2.36. The number of nitrogens with zero attached hydrogens (tertiary/aromatic N) is 1. The molecule has 1 saturated heterocycles. The molecular formula is C18H18F2N2O4S. The van der Waals surface area contributed by atoms with Crippen molar-refractivity contribution in [2.75, 3.05) is 31.6 Å². The molecule has 1 N–H and O–H groups in total. The molecule has 1 heterocycles. The number of amides is 1. The molecular weight excluding hydrogens is 378 g/mol. The first-order valence-electron chi connectivity index (χ1n) is 8.24. The maximum atomic E-state index is 14.1. The average Bonchev–Trinajstić information content (AvgIpc) is 2.65. The predicted octanol–water partition coefficient (Wildman–Crippen LogP) is 2.55. The lowest BCUT2D eigenvalue weighted by atomic mass is 10.1. The third-order valence-corrected chi connectivity index (χ3v) is 6.11. The fraction of sp³-hybridized carbons (Fsp3) is 0.278. The number of aryl methyl sites for hydroxylation is 1. The first-order chi connectivity index (χ1) is 12.8. The Morgan fingerprint density at radius 2 is 1.78 bits per heavy atom. The smallest absolute Gasteiger partial charge is 0.258 e. The van der Waals surface area contributed by atoms with Crippen LogP contribution in [0.1, 0.15) is 15.9 Å². The second-order valence-electron chi connectivity index (χ2n) is 6.08. The van der Waals surface area contributed by atoms with Crippen molar-refractivity contribution in [3.05, 3.63) is 59.2 Å². The van der Waals surface area contributed by atoms with Gasteiger partial charge in [0.2, 0.25) is 10.0 Å². The Morgan fingerprint density at radius 1 is 1.07 bits per heavy atom. The summed E-state index contributed by atoms with van der Waals surface area (Å²) in [5.74, 6) is -2.26. The van der Waals surface area contributed by atoms with Crippen molar-refractivity contribution in [3.8, 4) is 0 Å². The second kappa shape index (κ2) is 7.71. The molecule has 0 saturated carbocycles. The molecule has 6 nitrogen and oxygen atoms in total. The maximum Gasteiger partial charge on any atom is 0.258 e. The molecule has 0 aliphatic carbocycles. The average molecular weight is 396 g/mol. The van der Waals surface area contributed by atoms with Crippen LogP contribution in [0.4, 0.5) is 14.5 Å². The number of morpholine rings is 1. The molecule has 1 aliphatic heterocycles. The molecule has 3 rings (SSSR count). The molecule has 2 aromatic rings. The molecule has 0 aromatic heterocycles. The van der Waals surface area contributed by atoms with Gasteiger partial charge in [-0.1, -0.05) is 6.07 Å². The third-order valence-electron chi connectivity index (χ3n) is 4.22. The molecule has 0 bridgehead atoms.